The van der Waals surface area contributed by atoms with E-state index >= 15 is 0 Å². The Morgan fingerprint density at radius 3 is 2.56 bits per heavy atom. The highest BCUT2D eigenvalue weighted by Gasteiger charge is 2.31. The average molecular weight is 363 g/mol. The van der Waals surface area contributed by atoms with Gasteiger partial charge < -0.3 is 9.64 Å². The first kappa shape index (κ1) is 19.2. The highest BCUT2D eigenvalue weighted by atomic mass is 16.5. The number of allylic oxidation sites excluding steroid dienone is 1. The third kappa shape index (κ3) is 3.78. The minimum Gasteiger partial charge on any atom is -0.496 e. The average Bonchev–Trinajstić information content (AvgIpc) is 2.63. The molecule has 1 aliphatic rings. The molecule has 3 heteroatoms. The first-order valence-corrected chi connectivity index (χ1v) is 9.66. The van der Waals surface area contributed by atoms with Gasteiger partial charge in [0.1, 0.15) is 5.75 Å². The standard InChI is InChI=1S/C24H30N2O/c1-7-12-26-22-14-23(27-6)19(13-20(22)18(3)15-24(26,4)5)16-25-21-11-9-8-10-17(21)2/h8-11,13-16H,7,12H2,1-6H3. The number of aryl methyl sites for hydroxylation is 1. The van der Waals surface area contributed by atoms with Gasteiger partial charge in [-0.2, -0.15) is 0 Å². The second-order valence-corrected chi connectivity index (χ2v) is 7.79. The molecule has 0 N–H and O–H groups in total. The fraction of sp³-hybridized carbons (Fsp3) is 0.375. The van der Waals surface area contributed by atoms with Crippen molar-refractivity contribution in [2.75, 3.05) is 18.6 Å². The Labute approximate surface area is 163 Å². The summed E-state index contributed by atoms with van der Waals surface area (Å²) in [7, 11) is 1.73. The fourth-order valence-electron chi connectivity index (χ4n) is 3.88. The molecule has 1 heterocycles. The lowest BCUT2D eigenvalue weighted by atomic mass is 9.87. The van der Waals surface area contributed by atoms with Gasteiger partial charge >= 0.3 is 0 Å². The van der Waals surface area contributed by atoms with Crippen molar-refractivity contribution in [3.63, 3.8) is 0 Å². The van der Waals surface area contributed by atoms with Crippen molar-refractivity contribution >= 4 is 23.2 Å². The molecule has 0 unspecified atom stereocenters. The van der Waals surface area contributed by atoms with E-state index in [4.69, 9.17) is 9.73 Å². The van der Waals surface area contributed by atoms with Crippen LogP contribution in [-0.4, -0.2) is 25.4 Å². The molecule has 2 aromatic rings. The lowest BCUT2D eigenvalue weighted by molar-refractivity contribution is 0.413. The van der Waals surface area contributed by atoms with Crippen LogP contribution in [0.3, 0.4) is 0 Å². The molecule has 0 atom stereocenters. The molecule has 0 fully saturated rings. The van der Waals surface area contributed by atoms with Gasteiger partial charge in [0, 0.05) is 35.6 Å². The van der Waals surface area contributed by atoms with Crippen LogP contribution in [0.25, 0.3) is 5.57 Å². The van der Waals surface area contributed by atoms with Crippen LogP contribution in [0.5, 0.6) is 5.75 Å². The molecule has 0 spiro atoms. The second kappa shape index (κ2) is 7.59. The van der Waals surface area contributed by atoms with E-state index in [0.29, 0.717) is 0 Å². The van der Waals surface area contributed by atoms with Gasteiger partial charge in [-0.25, -0.2) is 0 Å². The first-order valence-electron chi connectivity index (χ1n) is 9.66. The molecule has 27 heavy (non-hydrogen) atoms. The quantitative estimate of drug-likeness (QED) is 0.595. The number of para-hydroxylation sites is 1. The summed E-state index contributed by atoms with van der Waals surface area (Å²) >= 11 is 0. The lowest BCUT2D eigenvalue weighted by Crippen LogP contribution is -2.45. The summed E-state index contributed by atoms with van der Waals surface area (Å²) in [4.78, 5) is 7.18. The molecule has 0 saturated heterocycles. The minimum absolute atomic E-state index is 0.00510. The molecular formula is C24H30N2O. The maximum Gasteiger partial charge on any atom is 0.129 e. The van der Waals surface area contributed by atoms with Gasteiger partial charge in [-0.15, -0.1) is 0 Å². The van der Waals surface area contributed by atoms with E-state index < -0.39 is 0 Å². The second-order valence-electron chi connectivity index (χ2n) is 7.79. The third-order valence-electron chi connectivity index (χ3n) is 5.23. The number of aliphatic imine (C=N–C) groups is 1. The number of nitrogens with zero attached hydrogens (tertiary/aromatic N) is 2. The van der Waals surface area contributed by atoms with Crippen LogP contribution in [0.2, 0.25) is 0 Å². The van der Waals surface area contributed by atoms with Crippen molar-refractivity contribution in [2.24, 2.45) is 4.99 Å². The number of rotatable bonds is 5. The molecule has 142 valence electrons. The summed E-state index contributed by atoms with van der Waals surface area (Å²) in [5, 5.41) is 0. The van der Waals surface area contributed by atoms with Crippen LogP contribution in [0, 0.1) is 6.92 Å². The molecule has 0 amide bonds. The predicted molar refractivity (Wildman–Crippen MR) is 117 cm³/mol. The van der Waals surface area contributed by atoms with Gasteiger partial charge in [-0.3, -0.25) is 4.99 Å². The van der Waals surface area contributed by atoms with Crippen LogP contribution in [0.1, 0.15) is 50.8 Å². The summed E-state index contributed by atoms with van der Waals surface area (Å²) in [6.07, 6.45) is 5.38. The van der Waals surface area contributed by atoms with E-state index in [2.05, 4.69) is 63.8 Å². The summed E-state index contributed by atoms with van der Waals surface area (Å²) in [6, 6.07) is 12.5. The van der Waals surface area contributed by atoms with Gasteiger partial charge in [0.05, 0.1) is 18.3 Å². The molecule has 3 rings (SSSR count). The van der Waals surface area contributed by atoms with Crippen LogP contribution < -0.4 is 9.64 Å². The number of fused-ring (bicyclic) bond motifs is 1. The van der Waals surface area contributed by atoms with E-state index in [-0.39, 0.29) is 5.54 Å². The van der Waals surface area contributed by atoms with E-state index in [1.807, 2.05) is 24.4 Å². The zero-order valence-electron chi connectivity index (χ0n) is 17.3. The molecule has 3 nitrogen and oxygen atoms in total. The SMILES string of the molecule is CCCN1c2cc(OC)c(C=Nc3ccccc3C)cc2C(C)=CC1(C)C. The highest BCUT2D eigenvalue weighted by Crippen LogP contribution is 2.42. The van der Waals surface area contributed by atoms with Gasteiger partial charge in [-0.1, -0.05) is 31.2 Å². The Morgan fingerprint density at radius 1 is 1.15 bits per heavy atom. The number of hydrogen-bond acceptors (Lipinski definition) is 3. The van der Waals surface area contributed by atoms with Crippen molar-refractivity contribution in [1.82, 2.24) is 0 Å². The maximum absolute atomic E-state index is 5.72. The predicted octanol–water partition coefficient (Wildman–Crippen LogP) is 6.17. The van der Waals surface area contributed by atoms with E-state index in [1.54, 1.807) is 7.11 Å². The number of ether oxygens (including phenoxy) is 1. The van der Waals surface area contributed by atoms with Crippen molar-refractivity contribution in [1.29, 1.82) is 0 Å². The van der Waals surface area contributed by atoms with Gasteiger partial charge in [0.25, 0.3) is 0 Å². The van der Waals surface area contributed by atoms with E-state index in [1.165, 1.54) is 16.8 Å². The largest absolute Gasteiger partial charge is 0.496 e. The maximum atomic E-state index is 5.72. The topological polar surface area (TPSA) is 24.8 Å². The normalized spacial score (nSPS) is 15.6. The number of anilines is 1. The number of benzene rings is 2. The van der Waals surface area contributed by atoms with Crippen LogP contribution in [0.4, 0.5) is 11.4 Å². The highest BCUT2D eigenvalue weighted by molar-refractivity contribution is 5.92. The van der Waals surface area contributed by atoms with Crippen molar-refractivity contribution in [3.8, 4) is 5.75 Å². The first-order chi connectivity index (χ1) is 12.9. The molecule has 1 aliphatic heterocycles. The number of hydrogen-bond donors (Lipinski definition) is 0. The molecule has 0 aliphatic carbocycles. The summed E-state index contributed by atoms with van der Waals surface area (Å²) < 4.78 is 5.72. The van der Waals surface area contributed by atoms with Crippen molar-refractivity contribution in [2.45, 2.75) is 46.6 Å². The van der Waals surface area contributed by atoms with E-state index in [9.17, 15) is 0 Å². The van der Waals surface area contributed by atoms with Crippen LogP contribution in [-0.2, 0) is 0 Å². The van der Waals surface area contributed by atoms with Crippen LogP contribution >= 0.6 is 0 Å². The summed E-state index contributed by atoms with van der Waals surface area (Å²) in [5.41, 5.74) is 6.95. The Bertz CT molecular complexity index is 893. The molecular weight excluding hydrogens is 332 g/mol. The zero-order valence-corrected chi connectivity index (χ0v) is 17.3. The van der Waals surface area contributed by atoms with Crippen molar-refractivity contribution in [3.05, 3.63) is 59.2 Å². The van der Waals surface area contributed by atoms with Gasteiger partial charge in [-0.05, 0) is 57.4 Å². The van der Waals surface area contributed by atoms with Gasteiger partial charge in [0.15, 0.2) is 0 Å². The van der Waals surface area contributed by atoms with Crippen LogP contribution in [0.15, 0.2) is 47.5 Å². The molecule has 0 bridgehead atoms. The molecule has 0 saturated carbocycles. The Balaban J connectivity index is 2.09. The molecule has 2 aromatic carbocycles. The van der Waals surface area contributed by atoms with Gasteiger partial charge in [0.2, 0.25) is 0 Å². The summed E-state index contributed by atoms with van der Waals surface area (Å²) in [5.74, 6) is 0.859. The minimum atomic E-state index is -0.00510. The Kier molecular flexibility index (Phi) is 5.41. The third-order valence-corrected chi connectivity index (χ3v) is 5.23. The fourth-order valence-corrected chi connectivity index (χ4v) is 3.88. The van der Waals surface area contributed by atoms with Crippen molar-refractivity contribution < 1.29 is 4.74 Å². The lowest BCUT2D eigenvalue weighted by Gasteiger charge is -2.43. The molecule has 0 aromatic heterocycles. The number of methoxy groups -OCH3 is 1. The zero-order chi connectivity index (χ0) is 19.6. The Hall–Kier alpha value is -2.55. The molecule has 0 radical (unpaired) electrons. The Morgan fingerprint density at radius 2 is 1.89 bits per heavy atom. The van der Waals surface area contributed by atoms with E-state index in [0.717, 1.165) is 35.5 Å². The monoisotopic (exact) mass is 362 g/mol. The summed E-state index contributed by atoms with van der Waals surface area (Å²) in [6.45, 7) is 12.1. The smallest absolute Gasteiger partial charge is 0.129 e.